The summed E-state index contributed by atoms with van der Waals surface area (Å²) in [6.45, 7) is 10.6. The fourth-order valence-corrected chi connectivity index (χ4v) is 2.77. The molecule has 3 nitrogen and oxygen atoms in total. The summed E-state index contributed by atoms with van der Waals surface area (Å²) in [5.74, 6) is 1.25. The Balaban J connectivity index is 2.42. The van der Waals surface area contributed by atoms with E-state index in [1.165, 1.54) is 6.42 Å². The molecule has 2 amide bonds. The number of amides is 2. The molecule has 0 aromatic heterocycles. The van der Waals surface area contributed by atoms with Gasteiger partial charge in [0.15, 0.2) is 0 Å². The molecule has 17 heavy (non-hydrogen) atoms. The normalized spacial score (nSPS) is 22.6. The lowest BCUT2D eigenvalue weighted by atomic mass is 9.95. The van der Waals surface area contributed by atoms with Crippen LogP contribution in [0.1, 0.15) is 53.4 Å². The number of hydrogen-bond acceptors (Lipinski definition) is 1. The molecule has 0 radical (unpaired) electrons. The van der Waals surface area contributed by atoms with E-state index in [1.54, 1.807) is 0 Å². The summed E-state index contributed by atoms with van der Waals surface area (Å²) in [5.41, 5.74) is 0. The lowest BCUT2D eigenvalue weighted by Gasteiger charge is -2.33. The SMILES string of the molecule is CCC(CC)C(C)NC(=O)N1CCCC(C)C1. The molecule has 1 fully saturated rings. The number of urea groups is 1. The van der Waals surface area contributed by atoms with Crippen molar-refractivity contribution in [2.24, 2.45) is 11.8 Å². The summed E-state index contributed by atoms with van der Waals surface area (Å²) in [4.78, 5) is 14.1. The van der Waals surface area contributed by atoms with Crippen LogP contribution >= 0.6 is 0 Å². The second kappa shape index (κ2) is 6.87. The Hall–Kier alpha value is -0.730. The van der Waals surface area contributed by atoms with Gasteiger partial charge < -0.3 is 10.2 Å². The molecule has 1 saturated heterocycles. The predicted octanol–water partition coefficient (Wildman–Crippen LogP) is 3.25. The van der Waals surface area contributed by atoms with Crippen molar-refractivity contribution in [3.8, 4) is 0 Å². The molecule has 2 unspecified atom stereocenters. The van der Waals surface area contributed by atoms with Gasteiger partial charge in [0.1, 0.15) is 0 Å². The maximum absolute atomic E-state index is 12.1. The van der Waals surface area contributed by atoms with Crippen LogP contribution in [-0.4, -0.2) is 30.1 Å². The second-order valence-electron chi connectivity index (χ2n) is 5.51. The van der Waals surface area contributed by atoms with Gasteiger partial charge >= 0.3 is 6.03 Å². The van der Waals surface area contributed by atoms with Gasteiger partial charge in [-0.3, -0.25) is 0 Å². The average Bonchev–Trinajstić information content (AvgIpc) is 2.30. The minimum absolute atomic E-state index is 0.135. The molecule has 0 spiro atoms. The van der Waals surface area contributed by atoms with Gasteiger partial charge in [0, 0.05) is 19.1 Å². The Bertz CT molecular complexity index is 238. The minimum atomic E-state index is 0.135. The molecule has 3 heteroatoms. The molecule has 1 N–H and O–H groups in total. The Morgan fingerprint density at radius 2 is 2.06 bits per heavy atom. The molecular formula is C14H28N2O. The van der Waals surface area contributed by atoms with Crippen LogP contribution in [0.25, 0.3) is 0 Å². The summed E-state index contributed by atoms with van der Waals surface area (Å²) in [5, 5.41) is 3.16. The van der Waals surface area contributed by atoms with Crippen LogP contribution in [0.5, 0.6) is 0 Å². The molecule has 0 saturated carbocycles. The molecular weight excluding hydrogens is 212 g/mol. The number of nitrogens with zero attached hydrogens (tertiary/aromatic N) is 1. The molecule has 0 aromatic rings. The first-order valence-corrected chi connectivity index (χ1v) is 7.13. The number of hydrogen-bond donors (Lipinski definition) is 1. The zero-order valence-electron chi connectivity index (χ0n) is 11.8. The quantitative estimate of drug-likeness (QED) is 0.803. The Morgan fingerprint density at radius 3 is 2.59 bits per heavy atom. The average molecular weight is 240 g/mol. The van der Waals surface area contributed by atoms with Gasteiger partial charge in [-0.15, -0.1) is 0 Å². The van der Waals surface area contributed by atoms with Gasteiger partial charge in [0.25, 0.3) is 0 Å². The third-order valence-electron chi connectivity index (χ3n) is 4.05. The number of carbonyl (C=O) groups is 1. The topological polar surface area (TPSA) is 32.3 Å². The van der Waals surface area contributed by atoms with Crippen LogP contribution in [0.15, 0.2) is 0 Å². The third-order valence-corrected chi connectivity index (χ3v) is 4.05. The van der Waals surface area contributed by atoms with Crippen LogP contribution in [0.2, 0.25) is 0 Å². The van der Waals surface area contributed by atoms with Gasteiger partial charge in [-0.1, -0.05) is 33.6 Å². The van der Waals surface area contributed by atoms with E-state index in [-0.39, 0.29) is 12.1 Å². The molecule has 0 aromatic carbocycles. The molecule has 0 aliphatic carbocycles. The van der Waals surface area contributed by atoms with Crippen molar-refractivity contribution >= 4 is 6.03 Å². The summed E-state index contributed by atoms with van der Waals surface area (Å²) >= 11 is 0. The first kappa shape index (κ1) is 14.3. The lowest BCUT2D eigenvalue weighted by molar-refractivity contribution is 0.163. The number of likely N-dealkylation sites (tertiary alicyclic amines) is 1. The first-order valence-electron chi connectivity index (χ1n) is 7.13. The molecule has 1 aliphatic rings. The number of rotatable bonds is 4. The van der Waals surface area contributed by atoms with Crippen LogP contribution in [0, 0.1) is 11.8 Å². The van der Waals surface area contributed by atoms with Crippen molar-refractivity contribution in [1.29, 1.82) is 0 Å². The van der Waals surface area contributed by atoms with E-state index in [0.29, 0.717) is 11.8 Å². The highest BCUT2D eigenvalue weighted by Gasteiger charge is 2.23. The summed E-state index contributed by atoms with van der Waals surface area (Å²) in [6, 6.07) is 0.422. The minimum Gasteiger partial charge on any atom is -0.335 e. The van der Waals surface area contributed by atoms with Crippen LogP contribution in [-0.2, 0) is 0 Å². The zero-order chi connectivity index (χ0) is 12.8. The third kappa shape index (κ3) is 4.21. The van der Waals surface area contributed by atoms with Crippen LogP contribution < -0.4 is 5.32 Å². The standard InChI is InChI=1S/C14H28N2O/c1-5-13(6-2)12(4)15-14(17)16-9-7-8-11(3)10-16/h11-13H,5-10H2,1-4H3,(H,15,17). The number of carbonyl (C=O) groups excluding carboxylic acids is 1. The zero-order valence-corrected chi connectivity index (χ0v) is 11.8. The molecule has 1 rings (SSSR count). The van der Waals surface area contributed by atoms with Gasteiger partial charge in [0.05, 0.1) is 0 Å². The molecule has 2 atom stereocenters. The Morgan fingerprint density at radius 1 is 1.41 bits per heavy atom. The van der Waals surface area contributed by atoms with Crippen molar-refractivity contribution in [2.45, 2.75) is 59.4 Å². The van der Waals surface area contributed by atoms with Gasteiger partial charge in [-0.05, 0) is 31.6 Å². The highest BCUT2D eigenvalue weighted by atomic mass is 16.2. The maximum Gasteiger partial charge on any atom is 0.317 e. The fourth-order valence-electron chi connectivity index (χ4n) is 2.77. The second-order valence-corrected chi connectivity index (χ2v) is 5.51. The highest BCUT2D eigenvalue weighted by Crippen LogP contribution is 2.17. The first-order chi connectivity index (χ1) is 8.08. The van der Waals surface area contributed by atoms with Gasteiger partial charge in [-0.25, -0.2) is 4.79 Å². The van der Waals surface area contributed by atoms with E-state index in [0.717, 1.165) is 32.4 Å². The smallest absolute Gasteiger partial charge is 0.317 e. The monoisotopic (exact) mass is 240 g/mol. The fraction of sp³-hybridized carbons (Fsp3) is 0.929. The Kier molecular flexibility index (Phi) is 5.79. The summed E-state index contributed by atoms with van der Waals surface area (Å²) < 4.78 is 0. The Labute approximate surface area is 106 Å². The van der Waals surface area contributed by atoms with Crippen LogP contribution in [0.3, 0.4) is 0 Å². The van der Waals surface area contributed by atoms with E-state index < -0.39 is 0 Å². The van der Waals surface area contributed by atoms with E-state index >= 15 is 0 Å². The van der Waals surface area contributed by atoms with Crippen molar-refractivity contribution in [2.75, 3.05) is 13.1 Å². The molecule has 1 aliphatic heterocycles. The maximum atomic E-state index is 12.1. The van der Waals surface area contributed by atoms with Gasteiger partial charge in [-0.2, -0.15) is 0 Å². The lowest BCUT2D eigenvalue weighted by Crippen LogP contribution is -2.49. The van der Waals surface area contributed by atoms with Crippen molar-refractivity contribution in [3.63, 3.8) is 0 Å². The van der Waals surface area contributed by atoms with Crippen molar-refractivity contribution in [1.82, 2.24) is 10.2 Å². The van der Waals surface area contributed by atoms with Crippen molar-refractivity contribution < 1.29 is 4.79 Å². The summed E-state index contributed by atoms with van der Waals surface area (Å²) in [7, 11) is 0. The van der Waals surface area contributed by atoms with E-state index in [2.05, 4.69) is 33.0 Å². The van der Waals surface area contributed by atoms with Crippen molar-refractivity contribution in [3.05, 3.63) is 0 Å². The predicted molar refractivity (Wildman–Crippen MR) is 72.0 cm³/mol. The van der Waals surface area contributed by atoms with E-state index in [4.69, 9.17) is 0 Å². The van der Waals surface area contributed by atoms with E-state index in [9.17, 15) is 4.79 Å². The largest absolute Gasteiger partial charge is 0.335 e. The molecule has 0 bridgehead atoms. The van der Waals surface area contributed by atoms with E-state index in [1.807, 2.05) is 4.90 Å². The highest BCUT2D eigenvalue weighted by molar-refractivity contribution is 5.74. The summed E-state index contributed by atoms with van der Waals surface area (Å²) in [6.07, 6.45) is 4.67. The van der Waals surface area contributed by atoms with Gasteiger partial charge in [0.2, 0.25) is 0 Å². The molecule has 1 heterocycles. The molecule has 100 valence electrons. The number of piperidine rings is 1. The number of nitrogens with one attached hydrogen (secondary N) is 1. The van der Waals surface area contributed by atoms with Crippen LogP contribution in [0.4, 0.5) is 4.79 Å².